The number of hydrogen-bond acceptors (Lipinski definition) is 8. The van der Waals surface area contributed by atoms with Gasteiger partial charge < -0.3 is 33.7 Å². The molecule has 3 heterocycles. The number of halogens is 3. The van der Waals surface area contributed by atoms with E-state index in [0.717, 1.165) is 22.5 Å². The zero-order chi connectivity index (χ0) is 27.4. The number of amides is 1. The standard InChI is InChI=1S/C26H25F2IN3O6P/c1-16-2-4-19(30-25(33)17-3-5-21-22(12-17)38-26(27,28)37-21)15-20(16)18-13-23(32-6-8-34-9-7-32)31-24(14-18)35-10-11-36-39-29/h2-5,12-15,39H,6-11H2,1H3,(H,30,33). The Morgan fingerprint density at radius 2 is 1.90 bits per heavy atom. The normalized spacial score (nSPS) is 16.1. The van der Waals surface area contributed by atoms with Gasteiger partial charge in [0.05, 0.1) is 26.3 Å². The van der Waals surface area contributed by atoms with Gasteiger partial charge in [0.1, 0.15) is 12.4 Å². The first-order valence-electron chi connectivity index (χ1n) is 12.1. The lowest BCUT2D eigenvalue weighted by atomic mass is 10.00. The predicted molar refractivity (Wildman–Crippen MR) is 152 cm³/mol. The summed E-state index contributed by atoms with van der Waals surface area (Å²) in [6, 6.07) is 13.3. The minimum Gasteiger partial charge on any atom is -0.475 e. The van der Waals surface area contributed by atoms with Crippen LogP contribution in [0.15, 0.2) is 48.5 Å². The summed E-state index contributed by atoms with van der Waals surface area (Å²) in [6.45, 7) is 5.81. The average Bonchev–Trinajstić information content (AvgIpc) is 3.25. The van der Waals surface area contributed by atoms with Gasteiger partial charge in [-0.2, -0.15) is 4.98 Å². The van der Waals surface area contributed by atoms with E-state index in [2.05, 4.69) is 41.7 Å². The quantitative estimate of drug-likeness (QED) is 0.173. The van der Waals surface area contributed by atoms with Crippen LogP contribution < -0.4 is 24.4 Å². The number of alkyl halides is 2. The van der Waals surface area contributed by atoms with Crippen LogP contribution in [0.4, 0.5) is 20.3 Å². The van der Waals surface area contributed by atoms with Crippen LogP contribution in [0.1, 0.15) is 15.9 Å². The Kier molecular flexibility index (Phi) is 8.65. The van der Waals surface area contributed by atoms with Gasteiger partial charge in [-0.15, -0.1) is 8.78 Å². The third-order valence-corrected chi connectivity index (χ3v) is 7.33. The van der Waals surface area contributed by atoms with Crippen molar-refractivity contribution in [2.75, 3.05) is 49.7 Å². The number of morpholine rings is 1. The van der Waals surface area contributed by atoms with E-state index >= 15 is 0 Å². The van der Waals surface area contributed by atoms with E-state index in [4.69, 9.17) is 19.0 Å². The van der Waals surface area contributed by atoms with E-state index < -0.39 is 12.2 Å². The average molecular weight is 671 g/mol. The topological polar surface area (TPSA) is 91.4 Å². The summed E-state index contributed by atoms with van der Waals surface area (Å²) in [5, 5.41) is 2.84. The van der Waals surface area contributed by atoms with Gasteiger partial charge >= 0.3 is 6.29 Å². The van der Waals surface area contributed by atoms with Crippen LogP contribution >= 0.6 is 28.5 Å². The first kappa shape index (κ1) is 27.8. The van der Waals surface area contributed by atoms with Gasteiger partial charge in [-0.3, -0.25) is 4.79 Å². The SMILES string of the molecule is Cc1ccc(NC(=O)c2ccc3c(c2)OC(F)(F)O3)cc1-c1cc(OCCOPI)nc(N2CCOCC2)c1. The fourth-order valence-corrected chi connectivity index (χ4v) is 5.03. The Labute approximate surface area is 238 Å². The molecule has 206 valence electrons. The molecule has 1 amide bonds. The van der Waals surface area contributed by atoms with Crippen molar-refractivity contribution in [3.8, 4) is 28.5 Å². The molecule has 9 nitrogen and oxygen atoms in total. The van der Waals surface area contributed by atoms with E-state index in [9.17, 15) is 13.6 Å². The van der Waals surface area contributed by atoms with Gasteiger partial charge in [0.2, 0.25) is 5.88 Å². The van der Waals surface area contributed by atoms with Crippen molar-refractivity contribution in [3.63, 3.8) is 0 Å². The van der Waals surface area contributed by atoms with Crippen LogP contribution in [0, 0.1) is 6.92 Å². The minimum atomic E-state index is -3.75. The van der Waals surface area contributed by atoms with E-state index in [0.29, 0.717) is 57.5 Å². The number of nitrogens with one attached hydrogen (secondary N) is 1. The molecule has 1 N–H and O–H groups in total. The lowest BCUT2D eigenvalue weighted by molar-refractivity contribution is -0.286. The van der Waals surface area contributed by atoms with Gasteiger partial charge in [0, 0.05) is 30.4 Å². The zero-order valence-corrected chi connectivity index (χ0v) is 24.0. The number of rotatable bonds is 9. The first-order chi connectivity index (χ1) is 18.8. The van der Waals surface area contributed by atoms with Crippen LogP contribution in [0.2, 0.25) is 0 Å². The van der Waals surface area contributed by atoms with Crippen molar-refractivity contribution in [2.45, 2.75) is 13.2 Å². The Balaban J connectivity index is 1.40. The smallest absolute Gasteiger partial charge is 0.475 e. The molecular formula is C26H25F2IN3O6P. The number of anilines is 2. The third kappa shape index (κ3) is 6.86. The second-order valence-electron chi connectivity index (χ2n) is 8.74. The predicted octanol–water partition coefficient (Wildman–Crippen LogP) is 5.81. The zero-order valence-electron chi connectivity index (χ0n) is 20.8. The maximum Gasteiger partial charge on any atom is 0.586 e. The molecule has 0 aliphatic carbocycles. The molecule has 0 bridgehead atoms. The van der Waals surface area contributed by atoms with Crippen LogP contribution in [0.5, 0.6) is 17.4 Å². The van der Waals surface area contributed by atoms with Crippen molar-refractivity contribution in [1.82, 2.24) is 4.98 Å². The summed E-state index contributed by atoms with van der Waals surface area (Å²) in [5.74, 6) is 0.452. The fraction of sp³-hybridized carbons (Fsp3) is 0.308. The monoisotopic (exact) mass is 671 g/mol. The van der Waals surface area contributed by atoms with E-state index in [1.54, 1.807) is 6.07 Å². The molecule has 3 aromatic rings. The number of carbonyl (C=O) groups excluding carboxylic acids is 1. The lowest BCUT2D eigenvalue weighted by Gasteiger charge is -2.28. The van der Waals surface area contributed by atoms with Crippen LogP contribution in [0.25, 0.3) is 11.1 Å². The Bertz CT molecular complexity index is 1360. The third-order valence-electron chi connectivity index (χ3n) is 6.08. The van der Waals surface area contributed by atoms with Crippen molar-refractivity contribution in [3.05, 3.63) is 59.7 Å². The van der Waals surface area contributed by atoms with E-state index in [-0.39, 0.29) is 17.1 Å². The molecule has 1 aromatic heterocycles. The first-order valence-corrected chi connectivity index (χ1v) is 16.1. The van der Waals surface area contributed by atoms with Crippen LogP contribution in [-0.4, -0.2) is 56.7 Å². The summed E-state index contributed by atoms with van der Waals surface area (Å²) in [4.78, 5) is 19.8. The van der Waals surface area contributed by atoms with Crippen molar-refractivity contribution >= 4 is 45.9 Å². The molecule has 1 unspecified atom stereocenters. The molecule has 2 aliphatic rings. The minimum absolute atomic E-state index is 0.123. The number of hydrogen-bond donors (Lipinski definition) is 1. The lowest BCUT2D eigenvalue weighted by Crippen LogP contribution is -2.36. The molecule has 13 heteroatoms. The fourth-order valence-electron chi connectivity index (χ4n) is 4.21. The molecule has 1 atom stereocenters. The highest BCUT2D eigenvalue weighted by Crippen LogP contribution is 2.41. The Morgan fingerprint density at radius 3 is 2.69 bits per heavy atom. The number of carbonyl (C=O) groups is 1. The number of aryl methyl sites for hydroxylation is 1. The van der Waals surface area contributed by atoms with Crippen LogP contribution in [0.3, 0.4) is 0 Å². The number of fused-ring (bicyclic) bond motifs is 1. The molecule has 2 aromatic carbocycles. The molecule has 0 saturated carbocycles. The maximum atomic E-state index is 13.4. The van der Waals surface area contributed by atoms with Crippen LogP contribution in [-0.2, 0) is 9.26 Å². The molecule has 0 radical (unpaired) electrons. The number of benzene rings is 2. The van der Waals surface area contributed by atoms with Gasteiger partial charge in [-0.25, -0.2) is 0 Å². The maximum absolute atomic E-state index is 13.4. The highest BCUT2D eigenvalue weighted by Gasteiger charge is 2.43. The summed E-state index contributed by atoms with van der Waals surface area (Å²) in [6.07, 6.45) is -3.75. The van der Waals surface area contributed by atoms with Gasteiger partial charge in [-0.05, 0) is 82.1 Å². The van der Waals surface area contributed by atoms with Gasteiger partial charge in [0.15, 0.2) is 11.5 Å². The number of nitrogens with zero attached hydrogens (tertiary/aromatic N) is 2. The molecule has 1 saturated heterocycles. The largest absolute Gasteiger partial charge is 0.586 e. The molecular weight excluding hydrogens is 646 g/mol. The van der Waals surface area contributed by atoms with Crippen molar-refractivity contribution in [2.24, 2.45) is 0 Å². The molecule has 5 rings (SSSR count). The Hall–Kier alpha value is -2.80. The number of ether oxygens (including phenoxy) is 4. The van der Waals surface area contributed by atoms with Crippen molar-refractivity contribution < 1.29 is 37.0 Å². The Morgan fingerprint density at radius 1 is 1.10 bits per heavy atom. The highest BCUT2D eigenvalue weighted by atomic mass is 127. The van der Waals surface area contributed by atoms with E-state index in [1.807, 2.05) is 31.2 Å². The molecule has 1 fully saturated rings. The highest BCUT2D eigenvalue weighted by molar-refractivity contribution is 14.2. The molecule has 39 heavy (non-hydrogen) atoms. The molecule has 2 aliphatic heterocycles. The number of aromatic nitrogens is 1. The summed E-state index contributed by atoms with van der Waals surface area (Å²) < 4.78 is 52.4. The summed E-state index contributed by atoms with van der Waals surface area (Å²) in [7, 11) is 0. The second-order valence-corrected chi connectivity index (χ2v) is 10.5. The van der Waals surface area contributed by atoms with E-state index in [1.165, 1.54) is 18.2 Å². The van der Waals surface area contributed by atoms with Crippen molar-refractivity contribution in [1.29, 1.82) is 0 Å². The summed E-state index contributed by atoms with van der Waals surface area (Å²) in [5.41, 5.74) is 3.42. The van der Waals surface area contributed by atoms with Gasteiger partial charge in [-0.1, -0.05) is 6.07 Å². The second kappa shape index (κ2) is 12.2. The number of pyridine rings is 1. The molecule has 0 spiro atoms. The van der Waals surface area contributed by atoms with Gasteiger partial charge in [0.25, 0.3) is 5.91 Å². The summed E-state index contributed by atoms with van der Waals surface area (Å²) >= 11 is 2.16.